The molecule has 0 fully saturated rings. The summed E-state index contributed by atoms with van der Waals surface area (Å²) in [6.07, 6.45) is 18.1. The number of likely N-dealkylation sites (N-methyl/N-ethyl adjacent to an activating group) is 1. The fraction of sp³-hybridized carbons (Fsp3) is 0.963. The van der Waals surface area contributed by atoms with Gasteiger partial charge in [0, 0.05) is 13.5 Å². The van der Waals surface area contributed by atoms with E-state index in [-0.39, 0.29) is 25.8 Å². The van der Waals surface area contributed by atoms with E-state index in [1.165, 1.54) is 84.0 Å². The SMILES string of the molecule is CCCCCCCCCCCCCCCCOCC(CCP(=O)(O)OCC[N+](C)(C)C)OC(C)=O. The zero-order chi connectivity index (χ0) is 26.4. The average molecular weight is 523 g/mol. The largest absolute Gasteiger partial charge is 0.460 e. The number of hydrogen-bond donors (Lipinski definition) is 1. The van der Waals surface area contributed by atoms with Gasteiger partial charge in [0.25, 0.3) is 0 Å². The molecular formula is C27H57NO6P+. The van der Waals surface area contributed by atoms with Gasteiger partial charge in [0.05, 0.1) is 33.9 Å². The molecule has 0 bridgehead atoms. The van der Waals surface area contributed by atoms with E-state index in [4.69, 9.17) is 14.0 Å². The highest BCUT2D eigenvalue weighted by Crippen LogP contribution is 2.42. The molecule has 0 aromatic rings. The molecule has 0 aliphatic rings. The van der Waals surface area contributed by atoms with Crippen molar-refractivity contribution in [2.45, 2.75) is 116 Å². The van der Waals surface area contributed by atoms with Crippen LogP contribution in [0, 0.1) is 0 Å². The fourth-order valence-corrected chi connectivity index (χ4v) is 4.96. The van der Waals surface area contributed by atoms with Gasteiger partial charge in [-0.15, -0.1) is 0 Å². The summed E-state index contributed by atoms with van der Waals surface area (Å²) in [6.45, 7) is 5.33. The fourth-order valence-electron chi connectivity index (χ4n) is 3.85. The molecule has 1 N–H and O–H groups in total. The summed E-state index contributed by atoms with van der Waals surface area (Å²) in [6, 6.07) is 0. The number of hydrogen-bond acceptors (Lipinski definition) is 5. The van der Waals surface area contributed by atoms with Crippen LogP contribution in [0.25, 0.3) is 0 Å². The third kappa shape index (κ3) is 26.4. The summed E-state index contributed by atoms with van der Waals surface area (Å²) in [4.78, 5) is 21.4. The van der Waals surface area contributed by atoms with Gasteiger partial charge in [0.15, 0.2) is 0 Å². The van der Waals surface area contributed by atoms with Crippen molar-refractivity contribution in [1.82, 2.24) is 0 Å². The quantitative estimate of drug-likeness (QED) is 0.0621. The van der Waals surface area contributed by atoms with Crippen molar-refractivity contribution in [3.05, 3.63) is 0 Å². The number of rotatable bonds is 25. The Morgan fingerprint density at radius 3 is 1.77 bits per heavy atom. The van der Waals surface area contributed by atoms with E-state index in [1.54, 1.807) is 0 Å². The minimum Gasteiger partial charge on any atom is -0.460 e. The summed E-state index contributed by atoms with van der Waals surface area (Å²) in [5.41, 5.74) is 0. The first-order valence-corrected chi connectivity index (χ1v) is 15.8. The number of nitrogens with zero attached hydrogens (tertiary/aromatic N) is 1. The highest BCUT2D eigenvalue weighted by molar-refractivity contribution is 7.52. The highest BCUT2D eigenvalue weighted by Gasteiger charge is 2.24. The number of quaternary nitrogens is 1. The van der Waals surface area contributed by atoms with E-state index in [2.05, 4.69) is 6.92 Å². The molecule has 7 nitrogen and oxygen atoms in total. The maximum atomic E-state index is 12.3. The Bertz CT molecular complexity index is 552. The predicted octanol–water partition coefficient (Wildman–Crippen LogP) is 6.71. The zero-order valence-corrected chi connectivity index (χ0v) is 24.5. The van der Waals surface area contributed by atoms with Crippen molar-refractivity contribution >= 4 is 13.6 Å². The zero-order valence-electron chi connectivity index (χ0n) is 23.6. The van der Waals surface area contributed by atoms with Gasteiger partial charge in [-0.2, -0.15) is 0 Å². The van der Waals surface area contributed by atoms with Crippen LogP contribution in [0.5, 0.6) is 0 Å². The number of esters is 1. The van der Waals surface area contributed by atoms with Crippen molar-refractivity contribution < 1.29 is 32.7 Å². The molecule has 0 spiro atoms. The van der Waals surface area contributed by atoms with Crippen LogP contribution in [0.2, 0.25) is 0 Å². The van der Waals surface area contributed by atoms with Crippen LogP contribution in [0.4, 0.5) is 0 Å². The summed E-state index contributed by atoms with van der Waals surface area (Å²) in [5, 5.41) is 0. The van der Waals surface area contributed by atoms with E-state index in [9.17, 15) is 14.3 Å². The molecule has 0 radical (unpaired) electrons. The lowest BCUT2D eigenvalue weighted by Crippen LogP contribution is -2.37. The van der Waals surface area contributed by atoms with Crippen LogP contribution >= 0.6 is 7.60 Å². The molecule has 0 heterocycles. The second kappa shape index (κ2) is 21.6. The molecule has 0 saturated carbocycles. The minimum atomic E-state index is -3.71. The molecule has 2 unspecified atom stereocenters. The molecule has 0 saturated heterocycles. The third-order valence-electron chi connectivity index (χ3n) is 6.07. The Labute approximate surface area is 216 Å². The molecule has 0 aromatic heterocycles. The van der Waals surface area contributed by atoms with Gasteiger partial charge >= 0.3 is 13.6 Å². The van der Waals surface area contributed by atoms with Crippen molar-refractivity contribution in [1.29, 1.82) is 0 Å². The smallest absolute Gasteiger partial charge is 0.328 e. The van der Waals surface area contributed by atoms with Crippen LogP contribution in [0.1, 0.15) is 110 Å². The van der Waals surface area contributed by atoms with Gasteiger partial charge in [-0.25, -0.2) is 0 Å². The molecule has 2 atom stereocenters. The Kier molecular flexibility index (Phi) is 21.3. The average Bonchev–Trinajstić information content (AvgIpc) is 2.75. The molecule has 8 heteroatoms. The molecule has 0 aromatic carbocycles. The Morgan fingerprint density at radius 1 is 0.829 bits per heavy atom. The van der Waals surface area contributed by atoms with Gasteiger partial charge in [-0.3, -0.25) is 9.36 Å². The third-order valence-corrected chi connectivity index (χ3v) is 7.48. The van der Waals surface area contributed by atoms with Gasteiger partial charge in [0.1, 0.15) is 19.3 Å². The van der Waals surface area contributed by atoms with Crippen LogP contribution in [0.3, 0.4) is 0 Å². The number of carbonyl (C=O) groups excluding carboxylic acids is 1. The molecule has 0 aliphatic carbocycles. The lowest BCUT2D eigenvalue weighted by atomic mass is 10.0. The van der Waals surface area contributed by atoms with Crippen LogP contribution in [-0.2, 0) is 23.4 Å². The van der Waals surface area contributed by atoms with Gasteiger partial charge < -0.3 is 23.4 Å². The molecule has 210 valence electrons. The maximum Gasteiger partial charge on any atom is 0.328 e. The Hall–Kier alpha value is -0.460. The van der Waals surface area contributed by atoms with Crippen LogP contribution < -0.4 is 0 Å². The van der Waals surface area contributed by atoms with E-state index in [0.717, 1.165) is 12.8 Å². The molecule has 35 heavy (non-hydrogen) atoms. The normalized spacial score (nSPS) is 14.6. The van der Waals surface area contributed by atoms with Gasteiger partial charge in [-0.1, -0.05) is 90.4 Å². The van der Waals surface area contributed by atoms with E-state index in [0.29, 0.717) is 17.6 Å². The Balaban J connectivity index is 3.77. The molecule has 0 rings (SSSR count). The van der Waals surface area contributed by atoms with E-state index < -0.39 is 19.7 Å². The van der Waals surface area contributed by atoms with Crippen molar-refractivity contribution in [2.75, 3.05) is 53.7 Å². The first kappa shape index (κ1) is 34.5. The number of ether oxygens (including phenoxy) is 2. The highest BCUT2D eigenvalue weighted by atomic mass is 31.2. The minimum absolute atomic E-state index is 0.0513. The summed E-state index contributed by atoms with van der Waals surface area (Å²) in [7, 11) is 2.28. The standard InChI is InChI=1S/C27H56NO6P/c1-6-7-8-9-10-11-12-13-14-15-16-17-18-19-22-32-25-27(34-26(2)29)20-24-35(30,31)33-23-21-28(3,4)5/h27H,6-25H2,1-5H3/p+1. The Morgan fingerprint density at radius 2 is 1.31 bits per heavy atom. The second-order valence-electron chi connectivity index (χ2n) is 10.9. The summed E-state index contributed by atoms with van der Waals surface area (Å²) >= 11 is 0. The maximum absolute atomic E-state index is 12.3. The summed E-state index contributed by atoms with van der Waals surface area (Å²) in [5.74, 6) is -0.409. The van der Waals surface area contributed by atoms with E-state index >= 15 is 0 Å². The van der Waals surface area contributed by atoms with Crippen LogP contribution in [-0.4, -0.2) is 75.1 Å². The van der Waals surface area contributed by atoms with Crippen molar-refractivity contribution in [3.63, 3.8) is 0 Å². The molecule has 0 amide bonds. The van der Waals surface area contributed by atoms with Gasteiger partial charge in [-0.05, 0) is 12.8 Å². The number of unbranched alkanes of at least 4 members (excludes halogenated alkanes) is 13. The lowest BCUT2D eigenvalue weighted by molar-refractivity contribution is -0.870. The van der Waals surface area contributed by atoms with Crippen LogP contribution in [0.15, 0.2) is 0 Å². The van der Waals surface area contributed by atoms with Gasteiger partial charge in [0.2, 0.25) is 0 Å². The molecule has 0 aliphatic heterocycles. The van der Waals surface area contributed by atoms with Crippen molar-refractivity contribution in [2.24, 2.45) is 0 Å². The van der Waals surface area contributed by atoms with Crippen molar-refractivity contribution in [3.8, 4) is 0 Å². The number of carbonyl (C=O) groups is 1. The predicted molar refractivity (Wildman–Crippen MR) is 145 cm³/mol. The monoisotopic (exact) mass is 522 g/mol. The first-order chi connectivity index (χ1) is 16.6. The summed E-state index contributed by atoms with van der Waals surface area (Å²) < 4.78 is 29.1. The van der Waals surface area contributed by atoms with E-state index in [1.807, 2.05) is 21.1 Å². The topological polar surface area (TPSA) is 82.1 Å². The first-order valence-electron chi connectivity index (χ1n) is 14.1. The molecular weight excluding hydrogens is 465 g/mol. The second-order valence-corrected chi connectivity index (χ2v) is 12.9. The lowest BCUT2D eigenvalue weighted by Gasteiger charge is -2.24.